The fraction of sp³-hybridized carbons (Fsp3) is 0.417. The van der Waals surface area contributed by atoms with Crippen molar-refractivity contribution >= 4 is 39.3 Å². The molecule has 3 rings (SSSR count). The Hall–Kier alpha value is -2.12. The van der Waals surface area contributed by atoms with Gasteiger partial charge in [0.25, 0.3) is 5.91 Å². The third-order valence-corrected chi connectivity index (χ3v) is 6.45. The van der Waals surface area contributed by atoms with Crippen LogP contribution in [-0.4, -0.2) is 35.4 Å². The third kappa shape index (κ3) is 6.69. The van der Waals surface area contributed by atoms with Gasteiger partial charge in [-0.2, -0.15) is 0 Å². The predicted molar refractivity (Wildman–Crippen MR) is 126 cm³/mol. The molecule has 2 amide bonds. The van der Waals surface area contributed by atoms with Gasteiger partial charge in [0.15, 0.2) is 6.61 Å². The van der Waals surface area contributed by atoms with Crippen LogP contribution in [0.15, 0.2) is 46.9 Å². The number of ether oxygens (including phenoxy) is 1. The van der Waals surface area contributed by atoms with E-state index in [0.717, 1.165) is 31.2 Å². The highest BCUT2D eigenvalue weighted by atomic mass is 79.9. The average molecular weight is 526 g/mol. The summed E-state index contributed by atoms with van der Waals surface area (Å²) >= 11 is 9.34. The van der Waals surface area contributed by atoms with Crippen LogP contribution in [0.4, 0.5) is 4.39 Å². The topological polar surface area (TPSA) is 58.6 Å². The van der Waals surface area contributed by atoms with Gasteiger partial charge in [-0.3, -0.25) is 9.59 Å². The van der Waals surface area contributed by atoms with E-state index in [0.29, 0.717) is 21.7 Å². The zero-order valence-electron chi connectivity index (χ0n) is 18.0. The van der Waals surface area contributed by atoms with Crippen LogP contribution in [0.2, 0.25) is 5.02 Å². The van der Waals surface area contributed by atoms with E-state index in [-0.39, 0.29) is 36.8 Å². The van der Waals surface area contributed by atoms with E-state index in [4.69, 9.17) is 16.3 Å². The van der Waals surface area contributed by atoms with E-state index in [1.165, 1.54) is 17.0 Å². The van der Waals surface area contributed by atoms with E-state index in [2.05, 4.69) is 21.2 Å². The van der Waals surface area contributed by atoms with Crippen molar-refractivity contribution in [2.75, 3.05) is 6.61 Å². The van der Waals surface area contributed by atoms with Crippen molar-refractivity contribution < 1.29 is 18.7 Å². The van der Waals surface area contributed by atoms with Crippen LogP contribution in [0, 0.1) is 5.82 Å². The van der Waals surface area contributed by atoms with Crippen LogP contribution in [0.25, 0.3) is 0 Å². The molecule has 1 saturated carbocycles. The molecule has 0 aliphatic heterocycles. The van der Waals surface area contributed by atoms with Crippen molar-refractivity contribution in [3.63, 3.8) is 0 Å². The molecule has 0 radical (unpaired) electrons. The fourth-order valence-electron chi connectivity index (χ4n) is 3.89. The molecule has 32 heavy (non-hydrogen) atoms. The maximum absolute atomic E-state index is 13.4. The first-order chi connectivity index (χ1) is 15.4. The Labute approximate surface area is 201 Å². The molecule has 5 nitrogen and oxygen atoms in total. The lowest BCUT2D eigenvalue weighted by Gasteiger charge is -2.31. The Morgan fingerprint density at radius 1 is 1.22 bits per heavy atom. The van der Waals surface area contributed by atoms with Crippen molar-refractivity contribution in [1.29, 1.82) is 0 Å². The largest absolute Gasteiger partial charge is 0.483 e. The van der Waals surface area contributed by atoms with E-state index in [9.17, 15) is 14.0 Å². The zero-order valence-corrected chi connectivity index (χ0v) is 20.3. The molecule has 0 spiro atoms. The van der Waals surface area contributed by atoms with Gasteiger partial charge in [-0.05, 0) is 71.1 Å². The molecule has 1 atom stereocenters. The van der Waals surface area contributed by atoms with E-state index in [1.54, 1.807) is 30.3 Å². The number of benzene rings is 2. The summed E-state index contributed by atoms with van der Waals surface area (Å²) in [6.45, 7) is 1.82. The van der Waals surface area contributed by atoms with Crippen molar-refractivity contribution in [2.24, 2.45) is 0 Å². The second-order valence-electron chi connectivity index (χ2n) is 7.93. The number of amides is 2. The molecule has 1 aliphatic rings. The summed E-state index contributed by atoms with van der Waals surface area (Å²) in [6.07, 6.45) is 4.58. The first-order valence-electron chi connectivity index (χ1n) is 10.8. The lowest BCUT2D eigenvalue weighted by molar-refractivity contribution is -0.143. The van der Waals surface area contributed by atoms with Gasteiger partial charge in [0.2, 0.25) is 5.91 Å². The molecular formula is C24H27BrClFN2O3. The van der Waals surface area contributed by atoms with E-state index >= 15 is 0 Å². The lowest BCUT2D eigenvalue weighted by atomic mass is 10.1. The van der Waals surface area contributed by atoms with Gasteiger partial charge >= 0.3 is 0 Å². The minimum absolute atomic E-state index is 0.153. The Bertz CT molecular complexity index is 935. The number of nitrogens with one attached hydrogen (secondary N) is 1. The summed E-state index contributed by atoms with van der Waals surface area (Å²) in [4.78, 5) is 27.8. The van der Waals surface area contributed by atoms with Gasteiger partial charge < -0.3 is 15.0 Å². The smallest absolute Gasteiger partial charge is 0.261 e. The highest BCUT2D eigenvalue weighted by Gasteiger charge is 2.31. The van der Waals surface area contributed by atoms with Crippen LogP contribution in [0.5, 0.6) is 5.75 Å². The molecule has 1 aliphatic carbocycles. The maximum atomic E-state index is 13.4. The molecule has 0 bridgehead atoms. The summed E-state index contributed by atoms with van der Waals surface area (Å²) in [6, 6.07) is 10.5. The van der Waals surface area contributed by atoms with Crippen LogP contribution < -0.4 is 10.1 Å². The first-order valence-corrected chi connectivity index (χ1v) is 12.0. The Morgan fingerprint density at radius 3 is 2.53 bits per heavy atom. The summed E-state index contributed by atoms with van der Waals surface area (Å²) in [5, 5.41) is 3.64. The molecule has 1 fully saturated rings. The SMILES string of the molecule is CCC(C(=O)NC1CCCC1)N(Cc1ccc(F)cc1)C(=O)COc1ccc(Cl)cc1Br. The minimum atomic E-state index is -0.648. The van der Waals surface area contributed by atoms with Crippen LogP contribution >= 0.6 is 27.5 Å². The van der Waals surface area contributed by atoms with Gasteiger partial charge in [-0.15, -0.1) is 0 Å². The van der Waals surface area contributed by atoms with Crippen molar-refractivity contribution in [1.82, 2.24) is 10.2 Å². The maximum Gasteiger partial charge on any atom is 0.261 e. The number of carbonyl (C=O) groups excluding carboxylic acids is 2. The number of carbonyl (C=O) groups is 2. The van der Waals surface area contributed by atoms with Gasteiger partial charge in [0.05, 0.1) is 4.47 Å². The predicted octanol–water partition coefficient (Wildman–Crippen LogP) is 5.49. The molecule has 0 heterocycles. The van der Waals surface area contributed by atoms with Crippen LogP contribution in [-0.2, 0) is 16.1 Å². The highest BCUT2D eigenvalue weighted by Crippen LogP contribution is 2.28. The molecule has 0 aromatic heterocycles. The van der Waals surface area contributed by atoms with E-state index < -0.39 is 6.04 Å². The summed E-state index contributed by atoms with van der Waals surface area (Å²) in [5.41, 5.74) is 0.736. The third-order valence-electron chi connectivity index (χ3n) is 5.60. The number of halogens is 3. The Kier molecular flexibility index (Phi) is 8.93. The quantitative estimate of drug-likeness (QED) is 0.471. The zero-order chi connectivity index (χ0) is 23.1. The Balaban J connectivity index is 1.76. The standard InChI is InChI=1S/C24H27BrClFN2O3/c1-2-21(24(31)28-19-5-3-4-6-19)29(14-16-7-10-18(27)11-8-16)23(30)15-32-22-12-9-17(26)13-20(22)25/h7-13,19,21H,2-6,14-15H2,1H3,(H,28,31). The first kappa shape index (κ1) is 24.5. The second-order valence-corrected chi connectivity index (χ2v) is 9.22. The average Bonchev–Trinajstić information content (AvgIpc) is 3.27. The van der Waals surface area contributed by atoms with Gasteiger partial charge in [-0.1, -0.05) is 43.5 Å². The second kappa shape index (κ2) is 11.7. The fourth-order valence-corrected chi connectivity index (χ4v) is 4.69. The number of rotatable bonds is 9. The Morgan fingerprint density at radius 2 is 1.91 bits per heavy atom. The van der Waals surface area contributed by atoms with Crippen molar-refractivity contribution in [3.05, 3.63) is 63.3 Å². The normalized spacial score (nSPS) is 14.8. The van der Waals surface area contributed by atoms with E-state index in [1.807, 2.05) is 6.92 Å². The number of hydrogen-bond donors (Lipinski definition) is 1. The monoisotopic (exact) mass is 524 g/mol. The highest BCUT2D eigenvalue weighted by molar-refractivity contribution is 9.10. The van der Waals surface area contributed by atoms with Gasteiger partial charge in [0.1, 0.15) is 17.6 Å². The van der Waals surface area contributed by atoms with Crippen molar-refractivity contribution in [2.45, 2.75) is 57.7 Å². The summed E-state index contributed by atoms with van der Waals surface area (Å²) in [5.74, 6) is -0.367. The molecule has 8 heteroatoms. The summed E-state index contributed by atoms with van der Waals surface area (Å²) < 4.78 is 19.7. The van der Waals surface area contributed by atoms with Gasteiger partial charge in [0, 0.05) is 17.6 Å². The molecule has 0 saturated heterocycles. The van der Waals surface area contributed by atoms with Crippen molar-refractivity contribution in [3.8, 4) is 5.75 Å². The molecule has 1 unspecified atom stereocenters. The number of nitrogens with zero attached hydrogens (tertiary/aromatic N) is 1. The molecule has 172 valence electrons. The summed E-state index contributed by atoms with van der Waals surface area (Å²) in [7, 11) is 0. The lowest BCUT2D eigenvalue weighted by Crippen LogP contribution is -2.52. The molecule has 2 aromatic carbocycles. The molecule has 2 aromatic rings. The van der Waals surface area contributed by atoms with Crippen LogP contribution in [0.1, 0.15) is 44.6 Å². The number of hydrogen-bond acceptors (Lipinski definition) is 3. The van der Waals surface area contributed by atoms with Gasteiger partial charge in [-0.25, -0.2) is 4.39 Å². The minimum Gasteiger partial charge on any atom is -0.483 e. The molecular weight excluding hydrogens is 499 g/mol. The van der Waals surface area contributed by atoms with Crippen LogP contribution in [0.3, 0.4) is 0 Å². The molecule has 1 N–H and O–H groups in total.